The van der Waals surface area contributed by atoms with Gasteiger partial charge in [0.1, 0.15) is 5.82 Å². The minimum Gasteiger partial charge on any atom is -0.309 e. The first-order chi connectivity index (χ1) is 29.6. The molecule has 10 aromatic rings. The molecule has 8 aromatic carbocycles. The van der Waals surface area contributed by atoms with Gasteiger partial charge in [0.2, 0.25) is 0 Å². The molecule has 0 spiro atoms. The zero-order valence-corrected chi connectivity index (χ0v) is 32.9. The second-order valence-electron chi connectivity index (χ2n) is 15.1. The smallest absolute Gasteiger partial charge is 0.164 e. The van der Waals surface area contributed by atoms with E-state index in [4.69, 9.17) is 21.5 Å². The van der Waals surface area contributed by atoms with Crippen molar-refractivity contribution < 1.29 is 0 Å². The number of para-hydroxylation sites is 5. The minimum absolute atomic E-state index is 0.621. The van der Waals surface area contributed by atoms with Crippen molar-refractivity contribution >= 4 is 44.6 Å². The summed E-state index contributed by atoms with van der Waals surface area (Å²) in [6.45, 7) is 6.88. The van der Waals surface area contributed by atoms with Crippen LogP contribution in [0, 0.1) is 6.92 Å². The van der Waals surface area contributed by atoms with Crippen LogP contribution in [0.4, 0.5) is 22.7 Å². The number of nitrogens with zero attached hydrogens (tertiary/aromatic N) is 6. The predicted molar refractivity (Wildman–Crippen MR) is 247 cm³/mol. The summed E-state index contributed by atoms with van der Waals surface area (Å²) in [7, 11) is 0. The lowest BCUT2D eigenvalue weighted by molar-refractivity contribution is 1.07. The number of aryl methyl sites for hydroxylation is 1. The number of hydrogen-bond acceptors (Lipinski definition) is 5. The molecule has 0 unspecified atom stereocenters. The zero-order chi connectivity index (χ0) is 40.2. The molecule has 6 heteroatoms. The number of rotatable bonds is 7. The molecule has 3 heterocycles. The highest BCUT2D eigenvalue weighted by Crippen LogP contribution is 2.52. The summed E-state index contributed by atoms with van der Waals surface area (Å²) in [4.78, 5) is 19.6. The van der Waals surface area contributed by atoms with Gasteiger partial charge in [-0.2, -0.15) is 0 Å². The monoisotopic (exact) mass is 770 g/mol. The van der Waals surface area contributed by atoms with Gasteiger partial charge in [0.15, 0.2) is 17.5 Å². The van der Waals surface area contributed by atoms with E-state index in [9.17, 15) is 0 Å². The molecule has 0 amide bonds. The Morgan fingerprint density at radius 2 is 0.933 bits per heavy atom. The molecule has 11 rings (SSSR count). The summed E-state index contributed by atoms with van der Waals surface area (Å²) in [6, 6.07) is 69.8. The Balaban J connectivity index is 1.04. The summed E-state index contributed by atoms with van der Waals surface area (Å²) in [5.74, 6) is 2.79. The first-order valence-electron chi connectivity index (χ1n) is 20.1. The van der Waals surface area contributed by atoms with Gasteiger partial charge in [-0.25, -0.2) is 15.0 Å². The quantitative estimate of drug-likeness (QED) is 0.162. The molecule has 60 heavy (non-hydrogen) atoms. The van der Waals surface area contributed by atoms with Crippen LogP contribution in [0.25, 0.3) is 72.8 Å². The average molecular weight is 771 g/mol. The molecule has 0 N–H and O–H groups in total. The molecule has 2 aromatic heterocycles. The van der Waals surface area contributed by atoms with Crippen LogP contribution in [0.1, 0.15) is 5.56 Å². The summed E-state index contributed by atoms with van der Waals surface area (Å²) in [6.07, 6.45) is 0. The first-order valence-corrected chi connectivity index (χ1v) is 20.1. The predicted octanol–water partition coefficient (Wildman–Crippen LogP) is 13.7. The van der Waals surface area contributed by atoms with E-state index in [2.05, 4.69) is 155 Å². The standard InChI is InChI=1S/C54H38N6/c1-36-18-16-28-44(51(36)59-37(2)58(42-24-10-5-11-25-42)49-30-14-15-31-50(49)59)40-32-33-48-46(35-40)45-27-12-13-29-47(45)60(48)43-26-17-23-41(34-43)54-56-52(38-19-6-3-7-20-38)55-53(57-54)39-21-8-4-9-22-39/h3-35H,2H2,1H3. The largest absolute Gasteiger partial charge is 0.309 e. The van der Waals surface area contributed by atoms with Gasteiger partial charge in [-0.1, -0.05) is 152 Å². The number of anilines is 4. The maximum atomic E-state index is 5.04. The fraction of sp³-hybridized carbons (Fsp3) is 0.0185. The van der Waals surface area contributed by atoms with Crippen molar-refractivity contribution in [3.8, 4) is 51.0 Å². The van der Waals surface area contributed by atoms with E-state index in [0.29, 0.717) is 17.5 Å². The van der Waals surface area contributed by atoms with E-state index in [0.717, 1.165) is 73.1 Å². The highest BCUT2D eigenvalue weighted by Gasteiger charge is 2.34. The van der Waals surface area contributed by atoms with Crippen molar-refractivity contribution in [3.05, 3.63) is 218 Å². The zero-order valence-electron chi connectivity index (χ0n) is 32.9. The lowest BCUT2D eigenvalue weighted by Crippen LogP contribution is -2.21. The SMILES string of the molecule is C=C1N(c2ccccc2)c2ccccc2N1c1c(C)cccc1-c1ccc2c(c1)c1ccccc1n2-c1cccc(-c2nc(-c3ccccc3)nc(-c3ccccc3)n2)c1. The van der Waals surface area contributed by atoms with Gasteiger partial charge in [0.05, 0.1) is 28.1 Å². The molecule has 0 saturated carbocycles. The Morgan fingerprint density at radius 3 is 1.63 bits per heavy atom. The van der Waals surface area contributed by atoms with Crippen molar-refractivity contribution in [2.24, 2.45) is 0 Å². The third kappa shape index (κ3) is 5.85. The number of fused-ring (bicyclic) bond motifs is 4. The Kier molecular flexibility index (Phi) is 8.41. The molecule has 284 valence electrons. The molecule has 1 aliphatic rings. The van der Waals surface area contributed by atoms with Gasteiger partial charge in [-0.15, -0.1) is 0 Å². The van der Waals surface area contributed by atoms with E-state index >= 15 is 0 Å². The molecule has 0 atom stereocenters. The van der Waals surface area contributed by atoms with Crippen molar-refractivity contribution in [3.63, 3.8) is 0 Å². The minimum atomic E-state index is 0.621. The molecule has 1 aliphatic heterocycles. The number of hydrogen-bond donors (Lipinski definition) is 0. The van der Waals surface area contributed by atoms with Crippen LogP contribution >= 0.6 is 0 Å². The van der Waals surface area contributed by atoms with E-state index in [1.807, 2.05) is 66.7 Å². The summed E-state index contributed by atoms with van der Waals surface area (Å²) in [5.41, 5.74) is 13.9. The van der Waals surface area contributed by atoms with Crippen LogP contribution in [-0.4, -0.2) is 19.5 Å². The van der Waals surface area contributed by atoms with Crippen molar-refractivity contribution in [1.29, 1.82) is 0 Å². The van der Waals surface area contributed by atoms with Crippen LogP contribution in [0.15, 0.2) is 213 Å². The van der Waals surface area contributed by atoms with Crippen LogP contribution in [0.2, 0.25) is 0 Å². The maximum Gasteiger partial charge on any atom is 0.164 e. The Bertz CT molecular complexity index is 3190. The fourth-order valence-electron chi connectivity index (χ4n) is 8.66. The summed E-state index contributed by atoms with van der Waals surface area (Å²) < 4.78 is 2.35. The third-order valence-electron chi connectivity index (χ3n) is 11.4. The molecule has 0 fully saturated rings. The fourth-order valence-corrected chi connectivity index (χ4v) is 8.66. The normalized spacial score (nSPS) is 12.4. The van der Waals surface area contributed by atoms with Gasteiger partial charge < -0.3 is 4.57 Å². The Hall–Kier alpha value is -8.09. The summed E-state index contributed by atoms with van der Waals surface area (Å²) in [5, 5.41) is 2.35. The van der Waals surface area contributed by atoms with Crippen molar-refractivity contribution in [2.75, 3.05) is 9.80 Å². The number of benzene rings is 8. The average Bonchev–Trinajstić information content (AvgIpc) is 3.80. The van der Waals surface area contributed by atoms with Crippen LogP contribution < -0.4 is 9.80 Å². The van der Waals surface area contributed by atoms with Crippen LogP contribution in [-0.2, 0) is 0 Å². The number of aromatic nitrogens is 4. The maximum absolute atomic E-state index is 5.04. The van der Waals surface area contributed by atoms with E-state index in [1.54, 1.807) is 0 Å². The Morgan fingerprint density at radius 1 is 0.400 bits per heavy atom. The first kappa shape index (κ1) is 35.1. The molecule has 0 saturated heterocycles. The third-order valence-corrected chi connectivity index (χ3v) is 11.4. The highest BCUT2D eigenvalue weighted by atomic mass is 15.4. The molecule has 6 nitrogen and oxygen atoms in total. The Labute approximate surface area is 348 Å². The van der Waals surface area contributed by atoms with E-state index in [-0.39, 0.29) is 0 Å². The molecule has 0 aliphatic carbocycles. The lowest BCUT2D eigenvalue weighted by atomic mass is 9.97. The van der Waals surface area contributed by atoms with Crippen molar-refractivity contribution in [2.45, 2.75) is 6.92 Å². The highest BCUT2D eigenvalue weighted by molar-refractivity contribution is 6.11. The van der Waals surface area contributed by atoms with Gasteiger partial charge in [0, 0.05) is 44.4 Å². The molecular formula is C54H38N6. The van der Waals surface area contributed by atoms with Gasteiger partial charge >= 0.3 is 0 Å². The molecule has 0 radical (unpaired) electrons. The second-order valence-corrected chi connectivity index (χ2v) is 15.1. The van der Waals surface area contributed by atoms with Gasteiger partial charge in [-0.3, -0.25) is 9.80 Å². The topological polar surface area (TPSA) is 50.1 Å². The van der Waals surface area contributed by atoms with Crippen molar-refractivity contribution in [1.82, 2.24) is 19.5 Å². The summed E-state index contributed by atoms with van der Waals surface area (Å²) >= 11 is 0. The molecular weight excluding hydrogens is 733 g/mol. The van der Waals surface area contributed by atoms with E-state index < -0.39 is 0 Å². The lowest BCUT2D eigenvalue weighted by Gasteiger charge is -2.28. The van der Waals surface area contributed by atoms with Gasteiger partial charge in [-0.05, 0) is 72.6 Å². The van der Waals surface area contributed by atoms with Crippen LogP contribution in [0.3, 0.4) is 0 Å². The van der Waals surface area contributed by atoms with Gasteiger partial charge in [0.25, 0.3) is 0 Å². The molecule has 0 bridgehead atoms. The van der Waals surface area contributed by atoms with Crippen LogP contribution in [0.5, 0.6) is 0 Å². The second kappa shape index (κ2) is 14.4. The van der Waals surface area contributed by atoms with E-state index in [1.165, 1.54) is 16.3 Å².